The molecule has 5 nitrogen and oxygen atoms in total. The molecule has 152 valence electrons. The minimum atomic E-state index is -0.0296. The summed E-state index contributed by atoms with van der Waals surface area (Å²) in [5.74, 6) is 1.31. The first-order valence-electron chi connectivity index (χ1n) is 9.80. The number of hydrogen-bond acceptors (Lipinski definition) is 5. The van der Waals surface area contributed by atoms with Crippen molar-refractivity contribution in [2.75, 3.05) is 20.3 Å². The molecule has 3 rings (SSSR count). The topological polar surface area (TPSA) is 51.1 Å². The zero-order valence-corrected chi connectivity index (χ0v) is 18.1. The van der Waals surface area contributed by atoms with Crippen LogP contribution >= 0.6 is 11.8 Å². The molecule has 6 heteroatoms. The Labute approximate surface area is 176 Å². The highest BCUT2D eigenvalue weighted by Crippen LogP contribution is 2.36. The Morgan fingerprint density at radius 1 is 1.10 bits per heavy atom. The van der Waals surface area contributed by atoms with Crippen molar-refractivity contribution in [3.63, 3.8) is 0 Å². The number of likely N-dealkylation sites (N-methyl/N-ethyl adjacent to an activating group) is 1. The van der Waals surface area contributed by atoms with Gasteiger partial charge in [0.15, 0.2) is 16.7 Å². The van der Waals surface area contributed by atoms with Crippen LogP contribution in [0.25, 0.3) is 6.08 Å². The first-order chi connectivity index (χ1) is 14.1. The van der Waals surface area contributed by atoms with Crippen molar-refractivity contribution in [2.24, 2.45) is 4.99 Å². The average Bonchev–Trinajstić information content (AvgIpc) is 3.03. The van der Waals surface area contributed by atoms with E-state index in [4.69, 9.17) is 14.5 Å². The molecule has 1 aliphatic rings. The molecule has 1 fully saturated rings. The smallest absolute Gasteiger partial charge is 0.266 e. The van der Waals surface area contributed by atoms with Gasteiger partial charge in [0.05, 0.1) is 24.3 Å². The second-order valence-electron chi connectivity index (χ2n) is 6.38. The highest BCUT2D eigenvalue weighted by atomic mass is 32.2. The number of aliphatic imine (C=N–C) groups is 1. The van der Waals surface area contributed by atoms with Crippen molar-refractivity contribution >= 4 is 34.6 Å². The third kappa shape index (κ3) is 4.65. The van der Waals surface area contributed by atoms with E-state index in [1.165, 1.54) is 11.8 Å². The highest BCUT2D eigenvalue weighted by Gasteiger charge is 2.32. The summed E-state index contributed by atoms with van der Waals surface area (Å²) in [6, 6.07) is 13.7. The Morgan fingerprint density at radius 3 is 2.59 bits per heavy atom. The molecule has 1 amide bonds. The molecule has 2 aromatic carbocycles. The lowest BCUT2D eigenvalue weighted by atomic mass is 10.1. The predicted octanol–water partition coefficient (Wildman–Crippen LogP) is 5.28. The molecule has 0 atom stereocenters. The molecule has 0 aliphatic carbocycles. The number of aryl methyl sites for hydroxylation is 1. The van der Waals surface area contributed by atoms with Crippen molar-refractivity contribution < 1.29 is 14.3 Å². The molecular weight excluding hydrogens is 384 g/mol. The Balaban J connectivity index is 1.93. The van der Waals surface area contributed by atoms with Gasteiger partial charge < -0.3 is 9.47 Å². The number of carbonyl (C=O) groups excluding carboxylic acids is 1. The van der Waals surface area contributed by atoms with Gasteiger partial charge in [0.2, 0.25) is 0 Å². The van der Waals surface area contributed by atoms with Crippen LogP contribution in [0.5, 0.6) is 11.5 Å². The summed E-state index contributed by atoms with van der Waals surface area (Å²) >= 11 is 1.40. The molecule has 1 aliphatic heterocycles. The van der Waals surface area contributed by atoms with Crippen molar-refractivity contribution in [1.29, 1.82) is 0 Å². The predicted molar refractivity (Wildman–Crippen MR) is 120 cm³/mol. The second kappa shape index (κ2) is 9.65. The van der Waals surface area contributed by atoms with Gasteiger partial charge in [0.25, 0.3) is 5.91 Å². The Bertz CT molecular complexity index is 953. The molecular formula is C23H26N2O3S. The summed E-state index contributed by atoms with van der Waals surface area (Å²) < 4.78 is 11.0. The molecule has 0 spiro atoms. The zero-order chi connectivity index (χ0) is 20.8. The number of carbonyl (C=O) groups is 1. The Kier molecular flexibility index (Phi) is 6.99. The molecule has 1 heterocycles. The van der Waals surface area contributed by atoms with E-state index in [9.17, 15) is 4.79 Å². The van der Waals surface area contributed by atoms with Crippen LogP contribution in [-0.2, 0) is 11.2 Å². The standard InChI is InChI=1S/C23H26N2O3S/c1-5-17-10-8-9-11-18(17)24-23-25(6-2)22(26)21(29-23)15-16-12-13-19(28-7-3)20(14-16)27-4/h8-15H,5-7H2,1-4H3/b21-15+,24-23?. The molecule has 0 N–H and O–H groups in total. The van der Waals surface area contributed by atoms with Gasteiger partial charge >= 0.3 is 0 Å². The second-order valence-corrected chi connectivity index (χ2v) is 7.39. The molecule has 0 aromatic heterocycles. The third-order valence-electron chi connectivity index (χ3n) is 4.58. The van der Waals surface area contributed by atoms with Crippen LogP contribution in [-0.4, -0.2) is 36.2 Å². The van der Waals surface area contributed by atoms with Crippen LogP contribution in [0.3, 0.4) is 0 Å². The van der Waals surface area contributed by atoms with Gasteiger partial charge in [-0.3, -0.25) is 9.69 Å². The summed E-state index contributed by atoms with van der Waals surface area (Å²) in [6.07, 6.45) is 2.77. The minimum absolute atomic E-state index is 0.0296. The number of amidine groups is 1. The van der Waals surface area contributed by atoms with Gasteiger partial charge in [-0.15, -0.1) is 0 Å². The van der Waals surface area contributed by atoms with Gasteiger partial charge in [-0.1, -0.05) is 31.2 Å². The summed E-state index contributed by atoms with van der Waals surface area (Å²) in [7, 11) is 1.61. The van der Waals surface area contributed by atoms with E-state index in [-0.39, 0.29) is 5.91 Å². The van der Waals surface area contributed by atoms with E-state index in [1.807, 2.05) is 56.3 Å². The van der Waals surface area contributed by atoms with Crippen molar-refractivity contribution in [3.05, 3.63) is 58.5 Å². The van der Waals surface area contributed by atoms with Crippen molar-refractivity contribution in [3.8, 4) is 11.5 Å². The fourth-order valence-electron chi connectivity index (χ4n) is 3.09. The number of benzene rings is 2. The summed E-state index contributed by atoms with van der Waals surface area (Å²) in [5, 5.41) is 0.711. The van der Waals surface area contributed by atoms with Gasteiger partial charge in [-0.25, -0.2) is 4.99 Å². The van der Waals surface area contributed by atoms with Crippen LogP contribution in [0.2, 0.25) is 0 Å². The van der Waals surface area contributed by atoms with Gasteiger partial charge in [-0.2, -0.15) is 0 Å². The first-order valence-corrected chi connectivity index (χ1v) is 10.6. The number of hydrogen-bond donors (Lipinski definition) is 0. The van der Waals surface area contributed by atoms with Crippen LogP contribution < -0.4 is 9.47 Å². The Hall–Kier alpha value is -2.73. The fraction of sp³-hybridized carbons (Fsp3) is 0.304. The van der Waals surface area contributed by atoms with Crippen molar-refractivity contribution in [2.45, 2.75) is 27.2 Å². The van der Waals surface area contributed by atoms with Crippen LogP contribution in [0.4, 0.5) is 5.69 Å². The van der Waals surface area contributed by atoms with E-state index >= 15 is 0 Å². The maximum Gasteiger partial charge on any atom is 0.266 e. The molecule has 0 bridgehead atoms. The molecule has 1 saturated heterocycles. The third-order valence-corrected chi connectivity index (χ3v) is 5.58. The van der Waals surface area contributed by atoms with Gasteiger partial charge in [0, 0.05) is 6.54 Å². The lowest BCUT2D eigenvalue weighted by Gasteiger charge is -2.13. The van der Waals surface area contributed by atoms with E-state index in [0.29, 0.717) is 34.7 Å². The summed E-state index contributed by atoms with van der Waals surface area (Å²) in [5.41, 5.74) is 2.96. The van der Waals surface area contributed by atoms with Crippen LogP contribution in [0, 0.1) is 0 Å². The number of amides is 1. The lowest BCUT2D eigenvalue weighted by molar-refractivity contribution is -0.122. The largest absolute Gasteiger partial charge is 0.493 e. The SMILES string of the molecule is CCOc1ccc(/C=C2/SC(=Nc3ccccc3CC)N(CC)C2=O)cc1OC. The van der Waals surface area contributed by atoms with Gasteiger partial charge in [0.1, 0.15) is 0 Å². The van der Waals surface area contributed by atoms with E-state index in [1.54, 1.807) is 12.0 Å². The van der Waals surface area contributed by atoms with E-state index in [2.05, 4.69) is 13.0 Å². The van der Waals surface area contributed by atoms with Crippen molar-refractivity contribution in [1.82, 2.24) is 4.90 Å². The number of thioether (sulfide) groups is 1. The average molecular weight is 411 g/mol. The number of para-hydroxylation sites is 1. The maximum absolute atomic E-state index is 12.9. The molecule has 0 unspecified atom stereocenters. The molecule has 29 heavy (non-hydrogen) atoms. The fourth-order valence-corrected chi connectivity index (χ4v) is 4.15. The normalized spacial score (nSPS) is 16.7. The number of rotatable bonds is 7. The quantitative estimate of drug-likeness (QED) is 0.583. The monoisotopic (exact) mass is 410 g/mol. The van der Waals surface area contributed by atoms with E-state index in [0.717, 1.165) is 23.2 Å². The van der Waals surface area contributed by atoms with Crippen LogP contribution in [0.15, 0.2) is 52.4 Å². The van der Waals surface area contributed by atoms with Gasteiger partial charge in [-0.05, 0) is 67.4 Å². The molecule has 2 aromatic rings. The summed E-state index contributed by atoms with van der Waals surface area (Å²) in [4.78, 5) is 20.1. The van der Waals surface area contributed by atoms with E-state index < -0.39 is 0 Å². The Morgan fingerprint density at radius 2 is 1.90 bits per heavy atom. The number of ether oxygens (including phenoxy) is 2. The zero-order valence-electron chi connectivity index (χ0n) is 17.3. The minimum Gasteiger partial charge on any atom is -0.493 e. The lowest BCUT2D eigenvalue weighted by Crippen LogP contribution is -2.28. The van der Waals surface area contributed by atoms with Crippen LogP contribution in [0.1, 0.15) is 31.9 Å². The molecule has 0 radical (unpaired) electrons. The highest BCUT2D eigenvalue weighted by molar-refractivity contribution is 8.18. The number of nitrogens with zero attached hydrogens (tertiary/aromatic N) is 2. The summed E-state index contributed by atoms with van der Waals surface area (Å²) in [6.45, 7) is 7.13. The maximum atomic E-state index is 12.9. The molecule has 0 saturated carbocycles. The first kappa shape index (κ1) is 21.0. The number of methoxy groups -OCH3 is 1.